The molecule has 0 saturated carbocycles. The number of aromatic carboxylic acids is 1. The van der Waals surface area contributed by atoms with Crippen LogP contribution in [0, 0.1) is 34.2 Å². The number of carbonyl (C=O) groups excluding carboxylic acids is 3. The topological polar surface area (TPSA) is 347 Å². The Bertz CT molecular complexity index is 3180. The third-order valence-corrected chi connectivity index (χ3v) is 20.9. The highest BCUT2D eigenvalue weighted by Gasteiger charge is 2.52. The number of hydrogen-bond acceptors (Lipinski definition) is 28. The summed E-state index contributed by atoms with van der Waals surface area (Å²) in [6, 6.07) is 1.58. The maximum Gasteiger partial charge on any atom is 0.338 e. The van der Waals surface area contributed by atoms with Crippen LogP contribution in [0.3, 0.4) is 0 Å². The number of nitrogens with one attached hydrogen (secondary N) is 2. The van der Waals surface area contributed by atoms with Crippen molar-refractivity contribution >= 4 is 78.8 Å². The second-order valence-corrected chi connectivity index (χ2v) is 26.4. The molecule has 8 N–H and O–H groups in total. The number of rotatable bonds is 24. The number of thioether (sulfide) groups is 1. The Hall–Kier alpha value is -4.47. The number of methoxy groups -OCH3 is 5. The number of Topliss-reactive ketones (excluding diaryl/α,β-unsaturated/α-hetero) is 1. The van der Waals surface area contributed by atoms with E-state index in [2.05, 4.69) is 39.5 Å². The number of fused-ring (bicyclic) bond motifs is 2. The summed E-state index contributed by atoms with van der Waals surface area (Å²) in [5, 5.41) is 70.5. The van der Waals surface area contributed by atoms with E-state index in [1.807, 2.05) is 29.5 Å². The summed E-state index contributed by atoms with van der Waals surface area (Å²) in [7, 11) is 9.01. The van der Waals surface area contributed by atoms with Crippen molar-refractivity contribution in [1.82, 2.24) is 15.8 Å². The molecule has 30 heteroatoms. The zero-order valence-corrected chi connectivity index (χ0v) is 56.1. The van der Waals surface area contributed by atoms with E-state index in [-0.39, 0.29) is 81.4 Å². The SMILES string of the molecule is CCN[C@H]1CO[C@@H](O[C@H]2[C@H](O[C@H]3C#C/C=C\C#C[C@]4(O)CC(=O)C(CC(=O)OC)=C3/C4=C\CSSc3ncccc3C(=O)O)O[C@H](C)[C@@H](NO[C@H]3C[C@H](O)[C@H](SC(=O)c4c(C)c(I)c(O[C@@H]5O[C@@H](C)[C@H](O)[C@@H](OC)[C@H]5O)c(OC)c4OC)[C@@H](C)O3)[C@@H]2O)C[C@@H]1OC. The van der Waals surface area contributed by atoms with Crippen LogP contribution in [0.2, 0.25) is 0 Å². The number of hydrogen-bond donors (Lipinski definition) is 8. The van der Waals surface area contributed by atoms with E-state index < -0.39 is 145 Å². The molecule has 0 amide bonds. The molecule has 0 radical (unpaired) electrons. The quantitative estimate of drug-likeness (QED) is 0.0187. The minimum Gasteiger partial charge on any atom is -0.492 e. The molecule has 4 aliphatic heterocycles. The van der Waals surface area contributed by atoms with Crippen molar-refractivity contribution in [2.24, 2.45) is 0 Å². The number of aromatic nitrogens is 1. The van der Waals surface area contributed by atoms with E-state index in [0.717, 1.165) is 29.7 Å². The summed E-state index contributed by atoms with van der Waals surface area (Å²) in [6.07, 6.45) is -12.7. The van der Waals surface area contributed by atoms with Gasteiger partial charge in [0.05, 0.1) is 103 Å². The standard InChI is InChI=1S/C61H76IN3O23S3/c1-11-63-35-27-81-41(25-39(35)76-6)86-53-48(70)46(65-88-42-24-36(66)55(31(5)82-42)90-58(74)43-28(2)45(62)51(54(80-10)50(43)78-8)87-59-49(71)52(79-9)47(69)30(4)84-59)29(3)83-60(53)85-38-18-14-12-13-15-20-61(75)26-37(67)33(23-40(68)77-7)44(38)34(61)19-22-89-91-56-32(57(72)73)17-16-21-64-56/h12-13,16-17,19,21,29-31,35-36,38-39,41-42,46-49,52-53,55,59-60,63,65-66,69-71,75H,11,22-27H2,1-10H3,(H,72,73)/b13-12-,34-19+/t29-,30+,31-,35+,36+,38+,39+,41+,42+,46-,47+,48+,49-,52-,53-,55-,59+,60+,61+/m1/s1. The Morgan fingerprint density at radius 3 is 2.31 bits per heavy atom. The molecule has 2 aliphatic carbocycles. The lowest BCUT2D eigenvalue weighted by molar-refractivity contribution is -0.336. The number of carboxylic acids is 1. The van der Waals surface area contributed by atoms with Gasteiger partial charge in [-0.05, 0) is 97.5 Å². The number of benzene rings is 1. The van der Waals surface area contributed by atoms with E-state index in [9.17, 15) is 49.8 Å². The van der Waals surface area contributed by atoms with Crippen LogP contribution in [-0.2, 0) is 57.1 Å². The van der Waals surface area contributed by atoms with Gasteiger partial charge in [-0.15, -0.1) is 0 Å². The van der Waals surface area contributed by atoms with Gasteiger partial charge in [-0.1, -0.05) is 59.2 Å². The molecule has 2 aromatic rings. The first-order valence-corrected chi connectivity index (χ1v) is 33.4. The second-order valence-electron chi connectivity index (χ2n) is 21.8. The fourth-order valence-electron chi connectivity index (χ4n) is 11.3. The van der Waals surface area contributed by atoms with Crippen LogP contribution in [-0.4, -0.2) is 228 Å². The zero-order chi connectivity index (χ0) is 66.0. The lowest BCUT2D eigenvalue weighted by atomic mass is 9.72. The number of halogens is 1. The average Bonchev–Trinajstić information content (AvgIpc) is 0.772. The molecule has 4 saturated heterocycles. The first-order valence-electron chi connectivity index (χ1n) is 29.1. The first-order chi connectivity index (χ1) is 43.5. The minimum absolute atomic E-state index is 0.0121. The largest absolute Gasteiger partial charge is 0.492 e. The molecular formula is C61H76IN3O23S3. The molecule has 1 aromatic carbocycles. The minimum atomic E-state index is -2.17. The summed E-state index contributed by atoms with van der Waals surface area (Å²) in [6.45, 7) is 9.28. The van der Waals surface area contributed by atoms with E-state index >= 15 is 0 Å². The summed E-state index contributed by atoms with van der Waals surface area (Å²) in [5.41, 5.74) is 1.17. The van der Waals surface area contributed by atoms with Gasteiger partial charge in [0.15, 0.2) is 41.8 Å². The Morgan fingerprint density at radius 1 is 0.890 bits per heavy atom. The number of esters is 1. The number of ketones is 1. The van der Waals surface area contributed by atoms with Crippen molar-refractivity contribution < 1.29 is 111 Å². The van der Waals surface area contributed by atoms with Gasteiger partial charge >= 0.3 is 11.9 Å². The monoisotopic (exact) mass is 1440 g/mol. The third-order valence-electron chi connectivity index (χ3n) is 16.0. The molecule has 2 bridgehead atoms. The van der Waals surface area contributed by atoms with Crippen LogP contribution in [0.4, 0.5) is 0 Å². The number of aliphatic hydroxyl groups is 5. The van der Waals surface area contributed by atoms with Gasteiger partial charge < -0.3 is 92.8 Å². The molecule has 19 atom stereocenters. The van der Waals surface area contributed by atoms with Gasteiger partial charge in [0.25, 0.3) is 0 Å². The number of aliphatic hydroxyl groups excluding tert-OH is 4. The Kier molecular flexibility index (Phi) is 26.1. The zero-order valence-electron chi connectivity index (χ0n) is 51.5. The lowest BCUT2D eigenvalue weighted by Crippen LogP contribution is -2.65. The predicted molar refractivity (Wildman–Crippen MR) is 337 cm³/mol. The van der Waals surface area contributed by atoms with Crippen molar-refractivity contribution in [3.05, 3.63) is 73.5 Å². The average molecular weight is 1440 g/mol. The number of carboxylic acid groups (broad SMARTS) is 1. The van der Waals surface area contributed by atoms with Crippen molar-refractivity contribution in [2.75, 3.05) is 54.5 Å². The maximum absolute atomic E-state index is 14.5. The molecule has 498 valence electrons. The summed E-state index contributed by atoms with van der Waals surface area (Å²) in [4.78, 5) is 64.3. The van der Waals surface area contributed by atoms with Gasteiger partial charge in [0, 0.05) is 55.7 Å². The number of hydroxylamine groups is 1. The number of allylic oxidation sites excluding steroid dienone is 2. The summed E-state index contributed by atoms with van der Waals surface area (Å²) < 4.78 is 72.8. The fraction of sp³-hybridized carbons (Fsp3) is 0.590. The highest BCUT2D eigenvalue weighted by Crippen LogP contribution is 2.49. The summed E-state index contributed by atoms with van der Waals surface area (Å²) >= 11 is 2.80. The van der Waals surface area contributed by atoms with Crippen LogP contribution in [0.5, 0.6) is 17.2 Å². The first kappa shape index (κ1) is 72.4. The van der Waals surface area contributed by atoms with Crippen molar-refractivity contribution in [3.63, 3.8) is 0 Å². The Morgan fingerprint density at radius 2 is 1.63 bits per heavy atom. The molecule has 5 heterocycles. The lowest BCUT2D eigenvalue weighted by Gasteiger charge is -2.46. The molecule has 6 aliphatic rings. The van der Waals surface area contributed by atoms with Crippen LogP contribution in [0.25, 0.3) is 0 Å². The summed E-state index contributed by atoms with van der Waals surface area (Å²) in [5.74, 6) is 9.04. The van der Waals surface area contributed by atoms with Gasteiger partial charge in [0.1, 0.15) is 41.6 Å². The van der Waals surface area contributed by atoms with E-state index in [1.165, 1.54) is 62.6 Å². The Balaban J connectivity index is 1.03. The molecule has 1 aromatic heterocycles. The molecule has 0 spiro atoms. The molecule has 0 unspecified atom stereocenters. The normalized spacial score (nSPS) is 34.0. The molecule has 91 heavy (non-hydrogen) atoms. The number of carbonyl (C=O) groups is 4. The van der Waals surface area contributed by atoms with E-state index in [1.54, 1.807) is 40.9 Å². The molecule has 26 nitrogen and oxygen atoms in total. The highest BCUT2D eigenvalue weighted by atomic mass is 127. The van der Waals surface area contributed by atoms with Gasteiger partial charge in [0.2, 0.25) is 17.2 Å². The third kappa shape index (κ3) is 16.6. The predicted octanol–water partition coefficient (Wildman–Crippen LogP) is 3.32. The van der Waals surface area contributed by atoms with Crippen LogP contribution < -0.4 is 25.0 Å². The number of pyridine rings is 1. The highest BCUT2D eigenvalue weighted by molar-refractivity contribution is 14.1. The number of ether oxygens (including phenoxy) is 12. The second kappa shape index (κ2) is 32.8. The van der Waals surface area contributed by atoms with Crippen molar-refractivity contribution in [3.8, 4) is 40.9 Å². The fourth-order valence-corrected chi connectivity index (χ4v) is 15.0. The van der Waals surface area contributed by atoms with Gasteiger partial charge in [-0.3, -0.25) is 19.2 Å². The molecule has 4 fully saturated rings. The van der Waals surface area contributed by atoms with Crippen LogP contribution in [0.1, 0.15) is 79.7 Å². The van der Waals surface area contributed by atoms with Crippen molar-refractivity contribution in [1.29, 1.82) is 0 Å². The molecule has 8 rings (SSSR count). The van der Waals surface area contributed by atoms with E-state index in [4.69, 9.17) is 61.7 Å². The molecular weight excluding hydrogens is 1370 g/mol. The van der Waals surface area contributed by atoms with Crippen LogP contribution in [0.15, 0.2) is 58.3 Å². The number of likely N-dealkylation sites (N-methyl/N-ethyl adjacent to an activating group) is 1. The Labute approximate surface area is 552 Å². The van der Waals surface area contributed by atoms with Crippen molar-refractivity contribution in [2.45, 2.75) is 181 Å². The van der Waals surface area contributed by atoms with Gasteiger partial charge in [-0.25, -0.2) is 9.78 Å². The number of nitrogens with zero attached hydrogens (tertiary/aromatic N) is 1. The smallest absolute Gasteiger partial charge is 0.338 e. The van der Waals surface area contributed by atoms with Crippen LogP contribution >= 0.6 is 55.9 Å². The van der Waals surface area contributed by atoms with Gasteiger partial charge in [-0.2, -0.15) is 5.48 Å². The maximum atomic E-state index is 14.5. The van der Waals surface area contributed by atoms with E-state index in [0.29, 0.717) is 15.7 Å².